The van der Waals surface area contributed by atoms with Gasteiger partial charge >= 0.3 is 0 Å². The first-order valence-electron chi connectivity index (χ1n) is 6.34. The minimum Gasteiger partial charge on any atom is -0.380 e. The lowest BCUT2D eigenvalue weighted by atomic mass is 9.76. The van der Waals surface area contributed by atoms with Crippen molar-refractivity contribution in [3.8, 4) is 0 Å². The second-order valence-electron chi connectivity index (χ2n) is 4.92. The zero-order valence-corrected chi connectivity index (χ0v) is 11.8. The molecule has 0 radical (unpaired) electrons. The van der Waals surface area contributed by atoms with E-state index in [9.17, 15) is 0 Å². The number of rotatable bonds is 3. The fraction of sp³-hybridized carbons (Fsp3) is 0.267. The molecule has 1 heterocycles. The van der Waals surface area contributed by atoms with E-state index in [4.69, 9.17) is 23.2 Å². The van der Waals surface area contributed by atoms with Crippen LogP contribution in [-0.2, 0) is 0 Å². The van der Waals surface area contributed by atoms with Crippen molar-refractivity contribution in [3.63, 3.8) is 0 Å². The first-order valence-corrected chi connectivity index (χ1v) is 7.09. The predicted octanol–water partition coefficient (Wildman–Crippen LogP) is 4.75. The summed E-state index contributed by atoms with van der Waals surface area (Å²) in [7, 11) is 0. The number of hydrogen-bond acceptors (Lipinski definition) is 2. The maximum atomic E-state index is 6.10. The normalized spacial score (nSPS) is 21.8. The Morgan fingerprint density at radius 3 is 2.47 bits per heavy atom. The van der Waals surface area contributed by atoms with Crippen molar-refractivity contribution in [3.05, 3.63) is 58.3 Å². The molecule has 0 amide bonds. The van der Waals surface area contributed by atoms with Gasteiger partial charge in [-0.15, -0.1) is 0 Å². The molecule has 1 aliphatic carbocycles. The average Bonchev–Trinajstić information content (AvgIpc) is 2.37. The smallest absolute Gasteiger partial charge is 0.0718 e. The maximum Gasteiger partial charge on any atom is 0.0718 e. The van der Waals surface area contributed by atoms with Crippen LogP contribution in [0.3, 0.4) is 0 Å². The van der Waals surface area contributed by atoms with E-state index in [1.165, 1.54) is 5.56 Å². The molecule has 0 unspecified atom stereocenters. The molecule has 98 valence electrons. The summed E-state index contributed by atoms with van der Waals surface area (Å²) in [4.78, 5) is 4.08. The third-order valence-corrected chi connectivity index (χ3v) is 4.19. The van der Waals surface area contributed by atoms with E-state index in [0.717, 1.165) is 28.6 Å². The van der Waals surface area contributed by atoms with Crippen LogP contribution >= 0.6 is 23.2 Å². The van der Waals surface area contributed by atoms with Gasteiger partial charge in [0.1, 0.15) is 0 Å². The number of anilines is 1. The average molecular weight is 293 g/mol. The minimum absolute atomic E-state index is 0.474. The number of pyridine rings is 1. The highest BCUT2D eigenvalue weighted by atomic mass is 35.5. The molecule has 1 N–H and O–H groups in total. The molecular formula is C15H14Cl2N2. The van der Waals surface area contributed by atoms with Gasteiger partial charge in [-0.3, -0.25) is 4.98 Å². The third kappa shape index (κ3) is 2.85. The van der Waals surface area contributed by atoms with Gasteiger partial charge in [-0.05, 0) is 42.5 Å². The van der Waals surface area contributed by atoms with Crippen LogP contribution in [0.5, 0.6) is 0 Å². The Morgan fingerprint density at radius 2 is 1.79 bits per heavy atom. The molecule has 0 saturated heterocycles. The van der Waals surface area contributed by atoms with Gasteiger partial charge in [0.2, 0.25) is 0 Å². The monoisotopic (exact) mass is 292 g/mol. The molecule has 3 rings (SSSR count). The van der Waals surface area contributed by atoms with Crippen molar-refractivity contribution >= 4 is 28.9 Å². The third-order valence-electron chi connectivity index (χ3n) is 3.61. The lowest BCUT2D eigenvalue weighted by Crippen LogP contribution is -2.34. The van der Waals surface area contributed by atoms with Crippen LogP contribution < -0.4 is 5.32 Å². The number of hydrogen-bond donors (Lipinski definition) is 1. The zero-order chi connectivity index (χ0) is 13.2. The van der Waals surface area contributed by atoms with Gasteiger partial charge in [-0.25, -0.2) is 0 Å². The summed E-state index contributed by atoms with van der Waals surface area (Å²) in [5, 5.41) is 4.96. The summed E-state index contributed by atoms with van der Waals surface area (Å²) in [6, 6.07) is 10.4. The Labute approximate surface area is 122 Å². The zero-order valence-electron chi connectivity index (χ0n) is 10.3. The van der Waals surface area contributed by atoms with E-state index in [2.05, 4.69) is 22.4 Å². The second-order valence-corrected chi connectivity index (χ2v) is 5.76. The fourth-order valence-corrected chi connectivity index (χ4v) is 2.73. The molecule has 2 nitrogen and oxygen atoms in total. The Hall–Kier alpha value is -1.25. The Bertz CT molecular complexity index is 563. The molecule has 0 spiro atoms. The van der Waals surface area contributed by atoms with Crippen LogP contribution in [-0.4, -0.2) is 11.0 Å². The van der Waals surface area contributed by atoms with Gasteiger partial charge < -0.3 is 5.32 Å². The molecule has 1 aromatic carbocycles. The highest BCUT2D eigenvalue weighted by Crippen LogP contribution is 2.39. The van der Waals surface area contributed by atoms with Crippen LogP contribution in [0, 0.1) is 0 Å². The Kier molecular flexibility index (Phi) is 3.63. The van der Waals surface area contributed by atoms with Gasteiger partial charge in [-0.2, -0.15) is 0 Å². The highest BCUT2D eigenvalue weighted by Gasteiger charge is 2.30. The van der Waals surface area contributed by atoms with E-state index >= 15 is 0 Å². The SMILES string of the molecule is Clc1ccc(C2CC(Nc3cnccc3Cl)C2)cc1. The molecule has 0 aliphatic heterocycles. The van der Waals surface area contributed by atoms with Crippen molar-refractivity contribution in [2.45, 2.75) is 24.8 Å². The molecule has 1 aromatic heterocycles. The molecule has 19 heavy (non-hydrogen) atoms. The van der Waals surface area contributed by atoms with E-state index in [1.807, 2.05) is 12.1 Å². The summed E-state index contributed by atoms with van der Waals surface area (Å²) in [6.07, 6.45) is 5.71. The number of aromatic nitrogens is 1. The molecule has 1 saturated carbocycles. The molecule has 4 heteroatoms. The molecule has 2 aromatic rings. The Morgan fingerprint density at radius 1 is 1.05 bits per heavy atom. The van der Waals surface area contributed by atoms with Crippen LogP contribution in [0.1, 0.15) is 24.3 Å². The van der Waals surface area contributed by atoms with E-state index in [1.54, 1.807) is 18.5 Å². The molecule has 1 aliphatic rings. The molecular weight excluding hydrogens is 279 g/mol. The lowest BCUT2D eigenvalue weighted by molar-refractivity contribution is 0.374. The number of nitrogens with one attached hydrogen (secondary N) is 1. The summed E-state index contributed by atoms with van der Waals surface area (Å²) in [5.74, 6) is 0.616. The summed E-state index contributed by atoms with van der Waals surface area (Å²) in [5.41, 5.74) is 2.28. The van der Waals surface area contributed by atoms with Crippen molar-refractivity contribution in [2.75, 3.05) is 5.32 Å². The van der Waals surface area contributed by atoms with Crippen molar-refractivity contribution < 1.29 is 0 Å². The number of halogens is 2. The van der Waals surface area contributed by atoms with Crippen LogP contribution in [0.25, 0.3) is 0 Å². The first kappa shape index (κ1) is 12.8. The first-order chi connectivity index (χ1) is 9.22. The van der Waals surface area contributed by atoms with E-state index in [-0.39, 0.29) is 0 Å². The standard InChI is InChI=1S/C15H14Cl2N2/c16-12-3-1-10(2-4-12)11-7-13(8-11)19-15-9-18-6-5-14(15)17/h1-6,9,11,13,19H,7-8H2. The lowest BCUT2D eigenvalue weighted by Gasteiger charge is -2.37. The van der Waals surface area contributed by atoms with Crippen LogP contribution in [0.15, 0.2) is 42.7 Å². The van der Waals surface area contributed by atoms with Gasteiger partial charge in [0.25, 0.3) is 0 Å². The number of nitrogens with zero attached hydrogens (tertiary/aromatic N) is 1. The minimum atomic E-state index is 0.474. The highest BCUT2D eigenvalue weighted by molar-refractivity contribution is 6.33. The largest absolute Gasteiger partial charge is 0.380 e. The van der Waals surface area contributed by atoms with Crippen molar-refractivity contribution in [2.24, 2.45) is 0 Å². The fourth-order valence-electron chi connectivity index (χ4n) is 2.45. The van der Waals surface area contributed by atoms with Crippen LogP contribution in [0.2, 0.25) is 10.0 Å². The predicted molar refractivity (Wildman–Crippen MR) is 80.1 cm³/mol. The summed E-state index contributed by atoms with van der Waals surface area (Å²) < 4.78 is 0. The van der Waals surface area contributed by atoms with E-state index in [0.29, 0.717) is 12.0 Å². The van der Waals surface area contributed by atoms with Gasteiger partial charge in [0.05, 0.1) is 16.9 Å². The number of benzene rings is 1. The maximum absolute atomic E-state index is 6.10. The van der Waals surface area contributed by atoms with Gasteiger partial charge in [0, 0.05) is 17.3 Å². The summed E-state index contributed by atoms with van der Waals surface area (Å²) >= 11 is 12.0. The molecule has 0 bridgehead atoms. The quantitative estimate of drug-likeness (QED) is 0.883. The van der Waals surface area contributed by atoms with Gasteiger partial charge in [0.15, 0.2) is 0 Å². The van der Waals surface area contributed by atoms with Crippen LogP contribution in [0.4, 0.5) is 5.69 Å². The molecule has 1 fully saturated rings. The molecule has 0 atom stereocenters. The second kappa shape index (κ2) is 5.40. The van der Waals surface area contributed by atoms with Crippen molar-refractivity contribution in [1.82, 2.24) is 4.98 Å². The summed E-state index contributed by atoms with van der Waals surface area (Å²) in [6.45, 7) is 0. The van der Waals surface area contributed by atoms with E-state index < -0.39 is 0 Å². The van der Waals surface area contributed by atoms with Gasteiger partial charge in [-0.1, -0.05) is 35.3 Å². The topological polar surface area (TPSA) is 24.9 Å². The Balaban J connectivity index is 1.58. The van der Waals surface area contributed by atoms with Crippen molar-refractivity contribution in [1.29, 1.82) is 0 Å².